The Labute approximate surface area is 103 Å². The van der Waals surface area contributed by atoms with Crippen molar-refractivity contribution in [1.29, 1.82) is 0 Å². The molecule has 0 amide bonds. The van der Waals surface area contributed by atoms with Crippen LogP contribution in [0.3, 0.4) is 0 Å². The molecule has 0 bridgehead atoms. The van der Waals surface area contributed by atoms with Crippen molar-refractivity contribution >= 4 is 11.3 Å². The molecule has 1 aliphatic carbocycles. The van der Waals surface area contributed by atoms with E-state index in [0.717, 1.165) is 24.3 Å². The first kappa shape index (κ1) is 12.1. The number of nitrogens with two attached hydrogens (primary N) is 1. The Hall–Kier alpha value is -0.340. The molecule has 2 N–H and O–H groups in total. The Bertz CT molecular complexity index is 331. The van der Waals surface area contributed by atoms with Gasteiger partial charge in [0.2, 0.25) is 0 Å². The molecule has 3 unspecified atom stereocenters. The predicted molar refractivity (Wildman–Crippen MR) is 72.0 cm³/mol. The highest BCUT2D eigenvalue weighted by Crippen LogP contribution is 2.43. The lowest BCUT2D eigenvalue weighted by Gasteiger charge is -2.35. The van der Waals surface area contributed by atoms with Crippen molar-refractivity contribution in [3.05, 3.63) is 21.9 Å². The molecule has 90 valence electrons. The summed E-state index contributed by atoms with van der Waals surface area (Å²) >= 11 is 1.88. The number of rotatable bonds is 3. The van der Waals surface area contributed by atoms with Crippen LogP contribution in [0.15, 0.2) is 11.4 Å². The lowest BCUT2D eigenvalue weighted by Crippen LogP contribution is -2.29. The van der Waals surface area contributed by atoms with Gasteiger partial charge in [0.05, 0.1) is 0 Å². The Morgan fingerprint density at radius 2 is 2.25 bits per heavy atom. The average Bonchev–Trinajstić information content (AvgIpc) is 2.74. The van der Waals surface area contributed by atoms with E-state index in [1.165, 1.54) is 30.6 Å². The molecule has 2 rings (SSSR count). The van der Waals surface area contributed by atoms with E-state index in [2.05, 4.69) is 25.3 Å². The molecule has 3 atom stereocenters. The summed E-state index contributed by atoms with van der Waals surface area (Å²) in [7, 11) is 0. The second-order valence-electron chi connectivity index (χ2n) is 5.12. The maximum Gasteiger partial charge on any atom is 0.00491 e. The van der Waals surface area contributed by atoms with Gasteiger partial charge in [-0.3, -0.25) is 0 Å². The van der Waals surface area contributed by atoms with E-state index >= 15 is 0 Å². The first-order valence-corrected chi connectivity index (χ1v) is 7.38. The van der Waals surface area contributed by atoms with Crippen LogP contribution in [-0.4, -0.2) is 6.54 Å². The van der Waals surface area contributed by atoms with E-state index < -0.39 is 0 Å². The Morgan fingerprint density at radius 3 is 2.81 bits per heavy atom. The van der Waals surface area contributed by atoms with Crippen LogP contribution >= 0.6 is 11.3 Å². The van der Waals surface area contributed by atoms with Crippen LogP contribution in [0.2, 0.25) is 0 Å². The maximum atomic E-state index is 5.94. The Morgan fingerprint density at radius 1 is 1.44 bits per heavy atom. The number of hydrogen-bond acceptors (Lipinski definition) is 2. The fraction of sp³-hybridized carbons (Fsp3) is 0.714. The lowest BCUT2D eigenvalue weighted by atomic mass is 9.70. The highest BCUT2D eigenvalue weighted by molar-refractivity contribution is 7.10. The maximum absolute atomic E-state index is 5.94. The summed E-state index contributed by atoms with van der Waals surface area (Å²) in [5, 5.41) is 2.23. The largest absolute Gasteiger partial charge is 0.330 e. The summed E-state index contributed by atoms with van der Waals surface area (Å²) in [4.78, 5) is 1.50. The third-order valence-electron chi connectivity index (χ3n) is 4.28. The van der Waals surface area contributed by atoms with Crippen molar-refractivity contribution in [1.82, 2.24) is 0 Å². The smallest absolute Gasteiger partial charge is 0.00491 e. The summed E-state index contributed by atoms with van der Waals surface area (Å²) in [6.45, 7) is 5.44. The standard InChI is InChI=1S/C14H23NS/c1-3-11-4-5-12(9-15)14(8-11)13-6-7-16-10(13)2/h6-7,11-12,14H,3-5,8-9,15H2,1-2H3. The molecule has 2 heteroatoms. The second-order valence-corrected chi connectivity index (χ2v) is 6.24. The van der Waals surface area contributed by atoms with Gasteiger partial charge in [0, 0.05) is 4.88 Å². The van der Waals surface area contributed by atoms with E-state index in [9.17, 15) is 0 Å². The zero-order valence-electron chi connectivity index (χ0n) is 10.4. The molecule has 1 aliphatic rings. The topological polar surface area (TPSA) is 26.0 Å². The predicted octanol–water partition coefficient (Wildman–Crippen LogP) is 3.93. The fourth-order valence-electron chi connectivity index (χ4n) is 3.13. The number of aryl methyl sites for hydroxylation is 1. The first-order valence-electron chi connectivity index (χ1n) is 6.50. The van der Waals surface area contributed by atoms with Crippen LogP contribution in [0.25, 0.3) is 0 Å². The molecule has 16 heavy (non-hydrogen) atoms. The molecule has 1 nitrogen and oxygen atoms in total. The molecule has 1 heterocycles. The van der Waals surface area contributed by atoms with E-state index in [-0.39, 0.29) is 0 Å². The zero-order valence-corrected chi connectivity index (χ0v) is 11.2. The van der Waals surface area contributed by atoms with Gasteiger partial charge in [-0.2, -0.15) is 0 Å². The molecule has 1 aromatic heterocycles. The normalized spacial score (nSPS) is 30.6. The number of hydrogen-bond donors (Lipinski definition) is 1. The fourth-order valence-corrected chi connectivity index (χ4v) is 3.91. The first-order chi connectivity index (χ1) is 7.76. The molecule has 0 radical (unpaired) electrons. The van der Waals surface area contributed by atoms with Gasteiger partial charge in [-0.25, -0.2) is 0 Å². The van der Waals surface area contributed by atoms with Gasteiger partial charge in [-0.1, -0.05) is 19.8 Å². The van der Waals surface area contributed by atoms with Crippen molar-refractivity contribution in [2.75, 3.05) is 6.54 Å². The van der Waals surface area contributed by atoms with Gasteiger partial charge in [-0.15, -0.1) is 11.3 Å². The van der Waals surface area contributed by atoms with Crippen molar-refractivity contribution in [2.45, 2.75) is 45.4 Å². The third-order valence-corrected chi connectivity index (χ3v) is 5.14. The second kappa shape index (κ2) is 5.33. The van der Waals surface area contributed by atoms with E-state index in [1.54, 1.807) is 5.56 Å². The van der Waals surface area contributed by atoms with Crippen molar-refractivity contribution < 1.29 is 0 Å². The minimum absolute atomic E-state index is 0.719. The summed E-state index contributed by atoms with van der Waals surface area (Å²) in [5.41, 5.74) is 7.52. The van der Waals surface area contributed by atoms with Crippen molar-refractivity contribution in [3.63, 3.8) is 0 Å². The molecular weight excluding hydrogens is 214 g/mol. The summed E-state index contributed by atoms with van der Waals surface area (Å²) < 4.78 is 0. The molecule has 0 spiro atoms. The minimum atomic E-state index is 0.719. The SMILES string of the molecule is CCC1CCC(CN)C(c2ccsc2C)C1. The highest BCUT2D eigenvalue weighted by atomic mass is 32.1. The molecular formula is C14H23NS. The van der Waals surface area contributed by atoms with Crippen molar-refractivity contribution in [2.24, 2.45) is 17.6 Å². The average molecular weight is 237 g/mol. The van der Waals surface area contributed by atoms with Gasteiger partial charge in [-0.05, 0) is 61.1 Å². The number of thiophene rings is 1. The summed E-state index contributed by atoms with van der Waals surface area (Å²) in [6.07, 6.45) is 5.40. The summed E-state index contributed by atoms with van der Waals surface area (Å²) in [5.74, 6) is 2.37. The van der Waals surface area contributed by atoms with Crippen molar-refractivity contribution in [3.8, 4) is 0 Å². The monoisotopic (exact) mass is 237 g/mol. The van der Waals surface area contributed by atoms with Crippen LogP contribution in [0.5, 0.6) is 0 Å². The van der Waals surface area contributed by atoms with E-state index in [1.807, 2.05) is 11.3 Å². The van der Waals surface area contributed by atoms with Crippen LogP contribution in [-0.2, 0) is 0 Å². The van der Waals surface area contributed by atoms with Gasteiger partial charge < -0.3 is 5.73 Å². The molecule has 1 aromatic rings. The van der Waals surface area contributed by atoms with Gasteiger partial charge in [0.25, 0.3) is 0 Å². The van der Waals surface area contributed by atoms with Crippen LogP contribution < -0.4 is 5.73 Å². The zero-order chi connectivity index (χ0) is 11.5. The molecule has 0 aliphatic heterocycles. The van der Waals surface area contributed by atoms with Gasteiger partial charge >= 0.3 is 0 Å². The Balaban J connectivity index is 2.18. The van der Waals surface area contributed by atoms with Gasteiger partial charge in [0.1, 0.15) is 0 Å². The highest BCUT2D eigenvalue weighted by Gasteiger charge is 2.30. The Kier molecular flexibility index (Phi) is 4.04. The third kappa shape index (κ3) is 2.33. The minimum Gasteiger partial charge on any atom is -0.330 e. The van der Waals surface area contributed by atoms with Crippen LogP contribution in [0.4, 0.5) is 0 Å². The molecule has 1 saturated carbocycles. The van der Waals surface area contributed by atoms with Gasteiger partial charge in [0.15, 0.2) is 0 Å². The molecule has 0 aromatic carbocycles. The van der Waals surface area contributed by atoms with E-state index in [4.69, 9.17) is 5.73 Å². The molecule has 0 saturated heterocycles. The van der Waals surface area contributed by atoms with Crippen LogP contribution in [0, 0.1) is 18.8 Å². The van der Waals surface area contributed by atoms with E-state index in [0.29, 0.717) is 0 Å². The summed E-state index contributed by atoms with van der Waals surface area (Å²) in [6, 6.07) is 2.32. The van der Waals surface area contributed by atoms with Crippen LogP contribution in [0.1, 0.15) is 49.0 Å². The quantitative estimate of drug-likeness (QED) is 0.847. The molecule has 1 fully saturated rings. The lowest BCUT2D eigenvalue weighted by molar-refractivity contribution is 0.236.